The van der Waals surface area contributed by atoms with Gasteiger partial charge in [-0.05, 0) is 49.6 Å². The molecule has 1 atom stereocenters. The Bertz CT molecular complexity index is 556. The zero-order valence-electron chi connectivity index (χ0n) is 10.1. The molecule has 1 aliphatic rings. The summed E-state index contributed by atoms with van der Waals surface area (Å²) in [4.78, 5) is 0. The van der Waals surface area contributed by atoms with Gasteiger partial charge >= 0.3 is 0 Å². The topological polar surface area (TPSA) is 25.2 Å². The Kier molecular flexibility index (Phi) is 2.26. The normalized spacial score (nSPS) is 19.5. The number of rotatable bonds is 3. The number of fused-ring (bicyclic) bond motifs is 1. The fourth-order valence-electron chi connectivity index (χ4n) is 2.50. The predicted molar refractivity (Wildman–Crippen MR) is 65.3 cm³/mol. The van der Waals surface area contributed by atoms with Gasteiger partial charge in [0.2, 0.25) is 0 Å². The summed E-state index contributed by atoms with van der Waals surface area (Å²) in [5.41, 5.74) is 1.05. The van der Waals surface area contributed by atoms with Gasteiger partial charge in [0.15, 0.2) is 0 Å². The molecule has 1 saturated carbocycles. The Balaban J connectivity index is 2.05. The molecular weight excluding hydrogens is 217 g/mol. The van der Waals surface area contributed by atoms with Gasteiger partial charge in [0.1, 0.15) is 17.2 Å². The predicted octanol–water partition coefficient (Wildman–Crippen LogP) is 3.63. The van der Waals surface area contributed by atoms with Crippen LogP contribution in [0.25, 0.3) is 11.0 Å². The third kappa shape index (κ3) is 1.75. The van der Waals surface area contributed by atoms with E-state index in [2.05, 4.69) is 12.2 Å². The minimum Gasteiger partial charge on any atom is -0.459 e. The molecule has 1 heterocycles. The zero-order valence-corrected chi connectivity index (χ0v) is 10.1. The number of benzene rings is 1. The molecule has 1 N–H and O–H groups in total. The van der Waals surface area contributed by atoms with Gasteiger partial charge in [0.25, 0.3) is 0 Å². The minimum atomic E-state index is -0.219. The van der Waals surface area contributed by atoms with Crippen LogP contribution in [-0.2, 0) is 0 Å². The van der Waals surface area contributed by atoms with Crippen molar-refractivity contribution in [2.24, 2.45) is 5.41 Å². The third-order valence-corrected chi connectivity index (χ3v) is 3.81. The van der Waals surface area contributed by atoms with Crippen LogP contribution in [0.5, 0.6) is 0 Å². The lowest BCUT2D eigenvalue weighted by Gasteiger charge is -2.20. The van der Waals surface area contributed by atoms with Crippen molar-refractivity contribution in [2.75, 3.05) is 7.05 Å². The van der Waals surface area contributed by atoms with E-state index in [-0.39, 0.29) is 11.9 Å². The SMILES string of the molecule is CNC(c1cc2cc(F)ccc2o1)C1(C)CC1. The van der Waals surface area contributed by atoms with E-state index in [1.54, 1.807) is 6.07 Å². The molecule has 1 aromatic heterocycles. The number of halogens is 1. The minimum absolute atomic E-state index is 0.219. The molecule has 0 amide bonds. The van der Waals surface area contributed by atoms with E-state index in [0.29, 0.717) is 5.41 Å². The van der Waals surface area contributed by atoms with Crippen LogP contribution in [-0.4, -0.2) is 7.05 Å². The molecule has 1 unspecified atom stereocenters. The summed E-state index contributed by atoms with van der Waals surface area (Å²) in [5, 5.41) is 4.15. The van der Waals surface area contributed by atoms with Crippen molar-refractivity contribution >= 4 is 11.0 Å². The molecule has 1 aromatic carbocycles. The largest absolute Gasteiger partial charge is 0.459 e. The molecule has 1 fully saturated rings. The van der Waals surface area contributed by atoms with Gasteiger partial charge in [-0.2, -0.15) is 0 Å². The maximum atomic E-state index is 13.1. The van der Waals surface area contributed by atoms with Crippen LogP contribution in [0.2, 0.25) is 0 Å². The van der Waals surface area contributed by atoms with E-state index in [4.69, 9.17) is 4.42 Å². The maximum absolute atomic E-state index is 13.1. The molecule has 17 heavy (non-hydrogen) atoms. The van der Waals surface area contributed by atoms with E-state index in [1.165, 1.54) is 25.0 Å². The molecule has 0 radical (unpaired) electrons. The average Bonchev–Trinajstić information content (AvgIpc) is 2.89. The fourth-order valence-corrected chi connectivity index (χ4v) is 2.50. The van der Waals surface area contributed by atoms with Gasteiger partial charge in [-0.15, -0.1) is 0 Å². The molecule has 0 bridgehead atoms. The lowest BCUT2D eigenvalue weighted by molar-refractivity contribution is 0.333. The van der Waals surface area contributed by atoms with Crippen LogP contribution in [0.3, 0.4) is 0 Å². The summed E-state index contributed by atoms with van der Waals surface area (Å²) >= 11 is 0. The number of hydrogen-bond acceptors (Lipinski definition) is 2. The number of furan rings is 1. The van der Waals surface area contributed by atoms with E-state index in [9.17, 15) is 4.39 Å². The second-order valence-corrected chi connectivity index (χ2v) is 5.21. The Labute approximate surface area is 99.8 Å². The number of nitrogens with one attached hydrogen (secondary N) is 1. The van der Waals surface area contributed by atoms with Crippen molar-refractivity contribution < 1.29 is 8.81 Å². The lowest BCUT2D eigenvalue weighted by atomic mass is 9.96. The van der Waals surface area contributed by atoms with Crippen molar-refractivity contribution in [2.45, 2.75) is 25.8 Å². The van der Waals surface area contributed by atoms with E-state index < -0.39 is 0 Å². The Morgan fingerprint density at radius 3 is 2.76 bits per heavy atom. The van der Waals surface area contributed by atoms with Crippen LogP contribution < -0.4 is 5.32 Å². The Hall–Kier alpha value is -1.35. The van der Waals surface area contributed by atoms with Gasteiger partial charge in [-0.3, -0.25) is 0 Å². The van der Waals surface area contributed by atoms with Crippen molar-refractivity contribution in [1.82, 2.24) is 5.32 Å². The zero-order chi connectivity index (χ0) is 12.0. The van der Waals surface area contributed by atoms with Gasteiger partial charge in [0, 0.05) is 5.39 Å². The Morgan fingerprint density at radius 2 is 2.12 bits per heavy atom. The quantitative estimate of drug-likeness (QED) is 0.875. The van der Waals surface area contributed by atoms with Crippen molar-refractivity contribution in [1.29, 1.82) is 0 Å². The highest BCUT2D eigenvalue weighted by Gasteiger charge is 2.46. The highest BCUT2D eigenvalue weighted by atomic mass is 19.1. The van der Waals surface area contributed by atoms with Gasteiger partial charge in [-0.25, -0.2) is 4.39 Å². The standard InChI is InChI=1S/C14H16FNO/c1-14(5-6-14)13(16-2)12-8-9-7-10(15)3-4-11(9)17-12/h3-4,7-8,13,16H,5-6H2,1-2H3. The summed E-state index contributed by atoms with van der Waals surface area (Å²) in [6, 6.07) is 6.81. The monoisotopic (exact) mass is 233 g/mol. The molecule has 3 rings (SSSR count). The highest BCUT2D eigenvalue weighted by molar-refractivity contribution is 5.78. The molecule has 0 aliphatic heterocycles. The van der Waals surface area contributed by atoms with Gasteiger partial charge in [-0.1, -0.05) is 6.92 Å². The molecule has 0 spiro atoms. The van der Waals surface area contributed by atoms with E-state index in [1.807, 2.05) is 13.1 Å². The third-order valence-electron chi connectivity index (χ3n) is 3.81. The first kappa shape index (κ1) is 10.8. The second kappa shape index (κ2) is 3.57. The van der Waals surface area contributed by atoms with Crippen LogP contribution in [0.15, 0.2) is 28.7 Å². The van der Waals surface area contributed by atoms with Crippen molar-refractivity contribution in [3.8, 4) is 0 Å². The molecule has 2 nitrogen and oxygen atoms in total. The molecule has 3 heteroatoms. The van der Waals surface area contributed by atoms with Crippen LogP contribution >= 0.6 is 0 Å². The first-order chi connectivity index (χ1) is 8.12. The van der Waals surface area contributed by atoms with Crippen LogP contribution in [0.1, 0.15) is 31.6 Å². The molecule has 2 aromatic rings. The van der Waals surface area contributed by atoms with Gasteiger partial charge < -0.3 is 9.73 Å². The maximum Gasteiger partial charge on any atom is 0.134 e. The average molecular weight is 233 g/mol. The second-order valence-electron chi connectivity index (χ2n) is 5.21. The first-order valence-corrected chi connectivity index (χ1v) is 5.99. The van der Waals surface area contributed by atoms with Gasteiger partial charge in [0.05, 0.1) is 6.04 Å². The first-order valence-electron chi connectivity index (χ1n) is 5.99. The fraction of sp³-hybridized carbons (Fsp3) is 0.429. The smallest absolute Gasteiger partial charge is 0.134 e. The molecule has 1 aliphatic carbocycles. The summed E-state index contributed by atoms with van der Waals surface area (Å²) < 4.78 is 18.9. The molecule has 0 saturated heterocycles. The summed E-state index contributed by atoms with van der Waals surface area (Å²) in [6.07, 6.45) is 2.42. The Morgan fingerprint density at radius 1 is 1.35 bits per heavy atom. The molecule has 90 valence electrons. The summed E-state index contributed by atoms with van der Waals surface area (Å²) in [5.74, 6) is 0.691. The van der Waals surface area contributed by atoms with Crippen molar-refractivity contribution in [3.63, 3.8) is 0 Å². The lowest BCUT2D eigenvalue weighted by Crippen LogP contribution is -2.23. The van der Waals surface area contributed by atoms with Crippen LogP contribution in [0, 0.1) is 11.2 Å². The highest BCUT2D eigenvalue weighted by Crippen LogP contribution is 2.54. The van der Waals surface area contributed by atoms with Crippen LogP contribution in [0.4, 0.5) is 4.39 Å². The van der Waals surface area contributed by atoms with Crippen molar-refractivity contribution in [3.05, 3.63) is 35.8 Å². The number of hydrogen-bond donors (Lipinski definition) is 1. The van der Waals surface area contributed by atoms with E-state index in [0.717, 1.165) is 16.7 Å². The van der Waals surface area contributed by atoms with E-state index >= 15 is 0 Å². The molecular formula is C14H16FNO. The summed E-state index contributed by atoms with van der Waals surface area (Å²) in [7, 11) is 1.95. The summed E-state index contributed by atoms with van der Waals surface area (Å²) in [6.45, 7) is 2.25.